The standard InChI is InChI=1S/C13H20N2O3/c1-10-5-6-11(15(16)17)9-12(10)18-8-7-14-13(2,3)4/h5-6,9,14H,7-8H2,1-4H3. The number of nitrogens with one attached hydrogen (secondary N) is 1. The predicted molar refractivity (Wildman–Crippen MR) is 71.1 cm³/mol. The fraction of sp³-hybridized carbons (Fsp3) is 0.538. The van der Waals surface area contributed by atoms with Gasteiger partial charge in [0.2, 0.25) is 0 Å². The van der Waals surface area contributed by atoms with Gasteiger partial charge in [-0.05, 0) is 39.3 Å². The predicted octanol–water partition coefficient (Wildman–Crippen LogP) is 2.67. The molecule has 100 valence electrons. The highest BCUT2D eigenvalue weighted by molar-refractivity contribution is 5.43. The van der Waals surface area contributed by atoms with Crippen molar-refractivity contribution in [2.75, 3.05) is 13.2 Å². The van der Waals surface area contributed by atoms with Crippen LogP contribution in [0.25, 0.3) is 0 Å². The molecular formula is C13H20N2O3. The second-order valence-electron chi connectivity index (χ2n) is 5.23. The molecule has 0 unspecified atom stereocenters. The van der Waals surface area contributed by atoms with E-state index in [1.807, 2.05) is 6.92 Å². The zero-order valence-corrected chi connectivity index (χ0v) is 11.3. The van der Waals surface area contributed by atoms with E-state index in [2.05, 4.69) is 26.1 Å². The molecule has 0 aromatic heterocycles. The van der Waals surface area contributed by atoms with E-state index in [0.29, 0.717) is 18.9 Å². The normalized spacial score (nSPS) is 11.3. The zero-order valence-electron chi connectivity index (χ0n) is 11.3. The van der Waals surface area contributed by atoms with Crippen molar-refractivity contribution in [2.45, 2.75) is 33.2 Å². The first-order valence-electron chi connectivity index (χ1n) is 5.92. The maximum Gasteiger partial charge on any atom is 0.273 e. The van der Waals surface area contributed by atoms with Gasteiger partial charge < -0.3 is 10.1 Å². The van der Waals surface area contributed by atoms with Gasteiger partial charge in [0.1, 0.15) is 12.4 Å². The molecule has 0 amide bonds. The van der Waals surface area contributed by atoms with Gasteiger partial charge >= 0.3 is 0 Å². The van der Waals surface area contributed by atoms with Crippen molar-refractivity contribution < 1.29 is 9.66 Å². The molecule has 18 heavy (non-hydrogen) atoms. The molecule has 0 heterocycles. The number of non-ortho nitro benzene ring substituents is 1. The minimum Gasteiger partial charge on any atom is -0.492 e. The van der Waals surface area contributed by atoms with E-state index in [4.69, 9.17) is 4.74 Å². The topological polar surface area (TPSA) is 64.4 Å². The van der Waals surface area contributed by atoms with Crippen molar-refractivity contribution in [2.24, 2.45) is 0 Å². The third kappa shape index (κ3) is 4.71. The number of ether oxygens (including phenoxy) is 1. The number of hydrogen-bond donors (Lipinski definition) is 1. The highest BCUT2D eigenvalue weighted by atomic mass is 16.6. The summed E-state index contributed by atoms with van der Waals surface area (Å²) >= 11 is 0. The Balaban J connectivity index is 2.56. The van der Waals surface area contributed by atoms with E-state index in [9.17, 15) is 10.1 Å². The molecule has 5 heteroatoms. The van der Waals surface area contributed by atoms with Gasteiger partial charge in [0, 0.05) is 18.2 Å². The van der Waals surface area contributed by atoms with Gasteiger partial charge in [0.15, 0.2) is 0 Å². The molecule has 1 rings (SSSR count). The smallest absolute Gasteiger partial charge is 0.273 e. The van der Waals surface area contributed by atoms with Crippen molar-refractivity contribution in [3.8, 4) is 5.75 Å². The first-order chi connectivity index (χ1) is 8.29. The molecule has 0 fully saturated rings. The molecule has 1 aromatic rings. The Labute approximate surface area is 107 Å². The summed E-state index contributed by atoms with van der Waals surface area (Å²) in [5.41, 5.74) is 0.997. The average molecular weight is 252 g/mol. The molecule has 0 saturated heterocycles. The van der Waals surface area contributed by atoms with Crippen LogP contribution >= 0.6 is 0 Å². The largest absolute Gasteiger partial charge is 0.492 e. The van der Waals surface area contributed by atoms with E-state index >= 15 is 0 Å². The maximum atomic E-state index is 10.7. The van der Waals surface area contributed by atoms with Gasteiger partial charge in [-0.25, -0.2) is 0 Å². The van der Waals surface area contributed by atoms with Crippen LogP contribution in [0.3, 0.4) is 0 Å². The SMILES string of the molecule is Cc1ccc([N+](=O)[O-])cc1OCCNC(C)(C)C. The summed E-state index contributed by atoms with van der Waals surface area (Å²) in [5.74, 6) is 0.569. The summed E-state index contributed by atoms with van der Waals surface area (Å²) in [6.45, 7) is 9.28. The Kier molecular flexibility index (Phi) is 4.67. The van der Waals surface area contributed by atoms with Crippen molar-refractivity contribution in [3.05, 3.63) is 33.9 Å². The van der Waals surface area contributed by atoms with Crippen molar-refractivity contribution in [1.29, 1.82) is 0 Å². The van der Waals surface area contributed by atoms with Crippen molar-refractivity contribution in [3.63, 3.8) is 0 Å². The van der Waals surface area contributed by atoms with Gasteiger partial charge in [-0.15, -0.1) is 0 Å². The van der Waals surface area contributed by atoms with Crippen LogP contribution in [0.1, 0.15) is 26.3 Å². The van der Waals surface area contributed by atoms with Crippen molar-refractivity contribution in [1.82, 2.24) is 5.32 Å². The van der Waals surface area contributed by atoms with Crippen LogP contribution in [-0.4, -0.2) is 23.6 Å². The third-order valence-corrected chi connectivity index (χ3v) is 2.40. The summed E-state index contributed by atoms with van der Waals surface area (Å²) in [7, 11) is 0. The minimum absolute atomic E-state index is 0.0427. The van der Waals surface area contributed by atoms with E-state index in [1.54, 1.807) is 6.07 Å². The lowest BCUT2D eigenvalue weighted by atomic mass is 10.1. The highest BCUT2D eigenvalue weighted by Crippen LogP contribution is 2.23. The number of nitro benzene ring substituents is 1. The molecule has 0 bridgehead atoms. The molecule has 0 radical (unpaired) electrons. The summed E-state index contributed by atoms with van der Waals surface area (Å²) in [6, 6.07) is 4.65. The number of aryl methyl sites for hydroxylation is 1. The van der Waals surface area contributed by atoms with Crippen molar-refractivity contribution >= 4 is 5.69 Å². The minimum atomic E-state index is -0.417. The molecule has 5 nitrogen and oxygen atoms in total. The lowest BCUT2D eigenvalue weighted by Crippen LogP contribution is -2.38. The van der Waals surface area contributed by atoms with Crippen LogP contribution in [0, 0.1) is 17.0 Å². The molecule has 0 aliphatic rings. The molecular weight excluding hydrogens is 232 g/mol. The lowest BCUT2D eigenvalue weighted by Gasteiger charge is -2.20. The number of hydrogen-bond acceptors (Lipinski definition) is 4. The third-order valence-electron chi connectivity index (χ3n) is 2.40. The molecule has 0 aliphatic carbocycles. The highest BCUT2D eigenvalue weighted by Gasteiger charge is 2.10. The summed E-state index contributed by atoms with van der Waals surface area (Å²) in [5, 5.41) is 14.0. The summed E-state index contributed by atoms with van der Waals surface area (Å²) < 4.78 is 5.56. The zero-order chi connectivity index (χ0) is 13.8. The number of nitro groups is 1. The number of rotatable bonds is 5. The fourth-order valence-electron chi connectivity index (χ4n) is 1.44. The van der Waals surface area contributed by atoms with Gasteiger partial charge in [-0.3, -0.25) is 10.1 Å². The summed E-state index contributed by atoms with van der Waals surface area (Å²) in [4.78, 5) is 10.2. The number of nitrogens with zero attached hydrogens (tertiary/aromatic N) is 1. The van der Waals surface area contributed by atoms with Gasteiger partial charge in [0.05, 0.1) is 11.0 Å². The second-order valence-corrected chi connectivity index (χ2v) is 5.23. The van der Waals surface area contributed by atoms with Crippen LogP contribution in [0.4, 0.5) is 5.69 Å². The molecule has 1 aromatic carbocycles. The first kappa shape index (κ1) is 14.4. The van der Waals surface area contributed by atoms with E-state index < -0.39 is 4.92 Å². The van der Waals surface area contributed by atoms with Crippen LogP contribution in [0.2, 0.25) is 0 Å². The second kappa shape index (κ2) is 5.82. The van der Waals surface area contributed by atoms with E-state index in [0.717, 1.165) is 5.56 Å². The Morgan fingerprint density at radius 1 is 1.39 bits per heavy atom. The fourth-order valence-corrected chi connectivity index (χ4v) is 1.44. The Bertz CT molecular complexity index is 425. The Morgan fingerprint density at radius 3 is 2.61 bits per heavy atom. The number of benzene rings is 1. The molecule has 0 atom stereocenters. The monoisotopic (exact) mass is 252 g/mol. The Hall–Kier alpha value is -1.62. The molecule has 0 spiro atoms. The van der Waals surface area contributed by atoms with E-state index in [1.165, 1.54) is 12.1 Å². The molecule has 0 aliphatic heterocycles. The van der Waals surface area contributed by atoms with Crippen LogP contribution < -0.4 is 10.1 Å². The van der Waals surface area contributed by atoms with Gasteiger partial charge in [-0.1, -0.05) is 0 Å². The van der Waals surface area contributed by atoms with Gasteiger partial charge in [0.25, 0.3) is 5.69 Å². The van der Waals surface area contributed by atoms with Gasteiger partial charge in [-0.2, -0.15) is 0 Å². The molecule has 1 N–H and O–H groups in total. The Morgan fingerprint density at radius 2 is 2.06 bits per heavy atom. The lowest BCUT2D eigenvalue weighted by molar-refractivity contribution is -0.384. The summed E-state index contributed by atoms with van der Waals surface area (Å²) in [6.07, 6.45) is 0. The average Bonchev–Trinajstić information content (AvgIpc) is 2.24. The first-order valence-corrected chi connectivity index (χ1v) is 5.92. The molecule has 0 saturated carbocycles. The maximum absolute atomic E-state index is 10.7. The van der Waals surface area contributed by atoms with E-state index in [-0.39, 0.29) is 11.2 Å². The van der Waals surface area contributed by atoms with Crippen LogP contribution in [0.15, 0.2) is 18.2 Å². The van der Waals surface area contributed by atoms with Crippen LogP contribution in [-0.2, 0) is 0 Å². The van der Waals surface area contributed by atoms with Crippen LogP contribution in [0.5, 0.6) is 5.75 Å². The quantitative estimate of drug-likeness (QED) is 0.497.